The van der Waals surface area contributed by atoms with Gasteiger partial charge in [-0.25, -0.2) is 9.78 Å². The Morgan fingerprint density at radius 2 is 2.38 bits per heavy atom. The number of aryl methyl sites for hydroxylation is 1. The number of hydrogen-bond donors (Lipinski definition) is 0. The van der Waals surface area contributed by atoms with Crippen molar-refractivity contribution in [2.45, 2.75) is 20.4 Å². The Hall–Kier alpha value is -2.16. The average molecular weight is 221 g/mol. The van der Waals surface area contributed by atoms with E-state index in [1.165, 1.54) is 6.20 Å². The molecular weight excluding hydrogens is 210 g/mol. The molecule has 0 amide bonds. The first kappa shape index (κ1) is 11.9. The standard InChI is InChI=1S/C10H11N3O3/c1-3-16-10(15)8-6-12-7(2)13(5-4-11)9(8)14/h6H,3,5H2,1-2H3. The summed E-state index contributed by atoms with van der Waals surface area (Å²) in [5.74, 6) is -0.328. The summed E-state index contributed by atoms with van der Waals surface area (Å²) in [4.78, 5) is 27.0. The summed E-state index contributed by atoms with van der Waals surface area (Å²) in [6, 6.07) is 1.83. The highest BCUT2D eigenvalue weighted by molar-refractivity contribution is 5.88. The number of nitriles is 1. The first-order valence-corrected chi connectivity index (χ1v) is 4.72. The molecule has 84 valence electrons. The predicted molar refractivity (Wildman–Crippen MR) is 54.8 cm³/mol. The molecule has 1 aromatic rings. The van der Waals surface area contributed by atoms with Gasteiger partial charge in [-0.2, -0.15) is 5.26 Å². The number of nitrogens with zero attached hydrogens (tertiary/aromatic N) is 3. The van der Waals surface area contributed by atoms with Gasteiger partial charge in [-0.15, -0.1) is 0 Å². The van der Waals surface area contributed by atoms with Crippen molar-refractivity contribution in [2.24, 2.45) is 0 Å². The fraction of sp³-hybridized carbons (Fsp3) is 0.400. The third-order valence-corrected chi connectivity index (χ3v) is 1.97. The van der Waals surface area contributed by atoms with Crippen molar-refractivity contribution in [3.8, 4) is 6.07 Å². The van der Waals surface area contributed by atoms with Crippen LogP contribution < -0.4 is 5.56 Å². The number of carbonyl (C=O) groups excluding carboxylic acids is 1. The van der Waals surface area contributed by atoms with Gasteiger partial charge in [0.1, 0.15) is 17.9 Å². The van der Waals surface area contributed by atoms with E-state index in [0.717, 1.165) is 4.57 Å². The van der Waals surface area contributed by atoms with E-state index in [4.69, 9.17) is 10.00 Å². The summed E-state index contributed by atoms with van der Waals surface area (Å²) in [5.41, 5.74) is -0.699. The molecule has 6 nitrogen and oxygen atoms in total. The molecule has 0 unspecified atom stereocenters. The lowest BCUT2D eigenvalue weighted by atomic mass is 10.3. The van der Waals surface area contributed by atoms with E-state index in [-0.39, 0.29) is 18.7 Å². The molecular formula is C10H11N3O3. The molecule has 0 spiro atoms. The van der Waals surface area contributed by atoms with Gasteiger partial charge in [0.25, 0.3) is 5.56 Å². The second-order valence-electron chi connectivity index (χ2n) is 2.99. The van der Waals surface area contributed by atoms with E-state index < -0.39 is 11.5 Å². The molecule has 1 aromatic heterocycles. The van der Waals surface area contributed by atoms with E-state index in [0.29, 0.717) is 5.82 Å². The zero-order chi connectivity index (χ0) is 12.1. The van der Waals surface area contributed by atoms with E-state index in [1.54, 1.807) is 13.8 Å². The number of rotatable bonds is 3. The van der Waals surface area contributed by atoms with Crippen LogP contribution in [0.1, 0.15) is 23.1 Å². The SMILES string of the molecule is CCOC(=O)c1cnc(C)n(CC#N)c1=O. The summed E-state index contributed by atoms with van der Waals surface area (Å²) < 4.78 is 5.84. The van der Waals surface area contributed by atoms with Gasteiger partial charge in [-0.3, -0.25) is 9.36 Å². The molecule has 0 saturated carbocycles. The van der Waals surface area contributed by atoms with Gasteiger partial charge in [0, 0.05) is 6.20 Å². The molecule has 0 fully saturated rings. The highest BCUT2D eigenvalue weighted by Crippen LogP contribution is 1.96. The number of hydrogen-bond acceptors (Lipinski definition) is 5. The Kier molecular flexibility index (Phi) is 3.78. The fourth-order valence-corrected chi connectivity index (χ4v) is 1.18. The van der Waals surface area contributed by atoms with Crippen molar-refractivity contribution in [3.63, 3.8) is 0 Å². The third kappa shape index (κ3) is 2.25. The molecule has 6 heteroatoms. The number of ether oxygens (including phenoxy) is 1. The van der Waals surface area contributed by atoms with Crippen LogP contribution in [0.3, 0.4) is 0 Å². The van der Waals surface area contributed by atoms with Crippen molar-refractivity contribution in [3.05, 3.63) is 27.9 Å². The second-order valence-corrected chi connectivity index (χ2v) is 2.99. The first-order chi connectivity index (χ1) is 7.61. The maximum absolute atomic E-state index is 11.8. The number of aromatic nitrogens is 2. The van der Waals surface area contributed by atoms with Crippen molar-refractivity contribution < 1.29 is 9.53 Å². The number of esters is 1. The molecule has 0 radical (unpaired) electrons. The largest absolute Gasteiger partial charge is 0.462 e. The van der Waals surface area contributed by atoms with Crippen molar-refractivity contribution in [1.82, 2.24) is 9.55 Å². The monoisotopic (exact) mass is 221 g/mol. The summed E-state index contributed by atoms with van der Waals surface area (Å²) in [6.45, 7) is 3.29. The number of carbonyl (C=O) groups is 1. The Labute approximate surface area is 92.1 Å². The van der Waals surface area contributed by atoms with Crippen molar-refractivity contribution in [1.29, 1.82) is 5.26 Å². The van der Waals surface area contributed by atoms with Crippen LogP contribution in [-0.4, -0.2) is 22.1 Å². The predicted octanol–water partition coefficient (Wildman–Crippen LogP) is 0.252. The minimum absolute atomic E-state index is 0.134. The fourth-order valence-electron chi connectivity index (χ4n) is 1.18. The van der Waals surface area contributed by atoms with Gasteiger partial charge < -0.3 is 4.74 Å². The van der Waals surface area contributed by atoms with E-state index in [9.17, 15) is 9.59 Å². The summed E-state index contributed by atoms with van der Waals surface area (Å²) in [7, 11) is 0. The summed E-state index contributed by atoms with van der Waals surface area (Å²) in [6.07, 6.45) is 1.17. The van der Waals surface area contributed by atoms with E-state index >= 15 is 0 Å². The van der Waals surface area contributed by atoms with Gasteiger partial charge in [-0.05, 0) is 13.8 Å². The van der Waals surface area contributed by atoms with Gasteiger partial charge >= 0.3 is 5.97 Å². The molecule has 0 N–H and O–H groups in total. The molecule has 0 bridgehead atoms. The van der Waals surface area contributed by atoms with Gasteiger partial charge in [-0.1, -0.05) is 0 Å². The Morgan fingerprint density at radius 1 is 1.69 bits per heavy atom. The minimum Gasteiger partial charge on any atom is -0.462 e. The topological polar surface area (TPSA) is 85.0 Å². The summed E-state index contributed by atoms with van der Waals surface area (Å²) in [5, 5.41) is 8.55. The van der Waals surface area contributed by atoms with E-state index in [1.807, 2.05) is 6.07 Å². The quantitative estimate of drug-likeness (QED) is 0.683. The van der Waals surface area contributed by atoms with Gasteiger partial charge in [0.05, 0.1) is 12.7 Å². The van der Waals surface area contributed by atoms with Crippen LogP contribution in [0.15, 0.2) is 11.0 Å². The Balaban J connectivity index is 3.25. The average Bonchev–Trinajstić information content (AvgIpc) is 2.24. The zero-order valence-electron chi connectivity index (χ0n) is 9.06. The van der Waals surface area contributed by atoms with Crippen LogP contribution in [0.4, 0.5) is 0 Å². The van der Waals surface area contributed by atoms with Crippen LogP contribution in [0.5, 0.6) is 0 Å². The molecule has 0 aliphatic heterocycles. The molecule has 0 atom stereocenters. The maximum Gasteiger partial charge on any atom is 0.345 e. The van der Waals surface area contributed by atoms with Crippen LogP contribution >= 0.6 is 0 Å². The van der Waals surface area contributed by atoms with Crippen molar-refractivity contribution >= 4 is 5.97 Å². The minimum atomic E-state index is -0.716. The van der Waals surface area contributed by atoms with Crippen LogP contribution in [0.25, 0.3) is 0 Å². The lowest BCUT2D eigenvalue weighted by Crippen LogP contribution is -2.29. The second kappa shape index (κ2) is 5.07. The lowest BCUT2D eigenvalue weighted by Gasteiger charge is -2.06. The normalized spacial score (nSPS) is 9.56. The highest BCUT2D eigenvalue weighted by atomic mass is 16.5. The van der Waals surface area contributed by atoms with Crippen LogP contribution in [-0.2, 0) is 11.3 Å². The van der Waals surface area contributed by atoms with Crippen LogP contribution in [0.2, 0.25) is 0 Å². The van der Waals surface area contributed by atoms with Gasteiger partial charge in [0.2, 0.25) is 0 Å². The Morgan fingerprint density at radius 3 is 2.94 bits per heavy atom. The van der Waals surface area contributed by atoms with Gasteiger partial charge in [0.15, 0.2) is 0 Å². The van der Waals surface area contributed by atoms with Crippen molar-refractivity contribution in [2.75, 3.05) is 6.61 Å². The zero-order valence-corrected chi connectivity index (χ0v) is 9.06. The molecule has 1 heterocycles. The molecule has 0 saturated heterocycles. The molecule has 0 aliphatic carbocycles. The molecule has 16 heavy (non-hydrogen) atoms. The summed E-state index contributed by atoms with van der Waals surface area (Å²) >= 11 is 0. The van der Waals surface area contributed by atoms with Crippen LogP contribution in [0, 0.1) is 18.3 Å². The van der Waals surface area contributed by atoms with E-state index in [2.05, 4.69) is 4.98 Å². The highest BCUT2D eigenvalue weighted by Gasteiger charge is 2.15. The molecule has 0 aliphatic rings. The lowest BCUT2D eigenvalue weighted by molar-refractivity contribution is 0.0523. The Bertz CT molecular complexity index is 499. The molecule has 1 rings (SSSR count). The maximum atomic E-state index is 11.8. The molecule has 0 aromatic carbocycles. The smallest absolute Gasteiger partial charge is 0.345 e. The third-order valence-electron chi connectivity index (χ3n) is 1.97. The first-order valence-electron chi connectivity index (χ1n) is 4.72.